The first kappa shape index (κ1) is 16.0. The fourth-order valence-corrected chi connectivity index (χ4v) is 4.85. The average molecular weight is 325 g/mol. The number of benzene rings is 1. The summed E-state index contributed by atoms with van der Waals surface area (Å²) in [5, 5.41) is 11.0. The van der Waals surface area contributed by atoms with Gasteiger partial charge in [0.2, 0.25) is 0 Å². The van der Waals surface area contributed by atoms with Crippen LogP contribution in [0.5, 0.6) is 0 Å². The van der Waals surface area contributed by atoms with Crippen molar-refractivity contribution in [1.82, 2.24) is 0 Å². The van der Waals surface area contributed by atoms with E-state index in [1.54, 1.807) is 23.6 Å². The molecule has 0 spiro atoms. The maximum atomic E-state index is 12.9. The number of aliphatic hydroxyl groups is 1. The van der Waals surface area contributed by atoms with Gasteiger partial charge in [-0.1, -0.05) is 31.5 Å². The Balaban J connectivity index is 2.45. The largest absolute Gasteiger partial charge is 0.391 e. The van der Waals surface area contributed by atoms with Crippen molar-refractivity contribution in [2.24, 2.45) is 0 Å². The minimum absolute atomic E-state index is 0.204. The van der Waals surface area contributed by atoms with Crippen molar-refractivity contribution in [1.29, 1.82) is 0 Å². The predicted molar refractivity (Wildman–Crippen MR) is 86.1 cm³/mol. The average Bonchev–Trinajstić information content (AvgIpc) is 2.98. The van der Waals surface area contributed by atoms with Crippen LogP contribution >= 0.6 is 11.3 Å². The van der Waals surface area contributed by atoms with Gasteiger partial charge in [-0.3, -0.25) is 4.31 Å². The van der Waals surface area contributed by atoms with Gasteiger partial charge in [0.25, 0.3) is 10.0 Å². The summed E-state index contributed by atoms with van der Waals surface area (Å²) in [4.78, 5) is 0.683. The summed E-state index contributed by atoms with van der Waals surface area (Å²) in [5.74, 6) is 0. The molecule has 0 radical (unpaired) electrons. The molecule has 0 fully saturated rings. The van der Waals surface area contributed by atoms with Crippen molar-refractivity contribution in [2.45, 2.75) is 31.3 Å². The second-order valence-electron chi connectivity index (χ2n) is 4.63. The molecule has 4 nitrogen and oxygen atoms in total. The van der Waals surface area contributed by atoms with Gasteiger partial charge in [0, 0.05) is 6.54 Å². The Morgan fingerprint density at radius 1 is 1.19 bits per heavy atom. The van der Waals surface area contributed by atoms with Crippen LogP contribution in [0.4, 0.5) is 5.69 Å². The normalized spacial score (nSPS) is 11.5. The van der Waals surface area contributed by atoms with Gasteiger partial charge < -0.3 is 5.11 Å². The maximum Gasteiger partial charge on any atom is 0.265 e. The molecule has 0 aliphatic carbocycles. The number of sulfonamides is 1. The second kappa shape index (κ2) is 7.06. The highest BCUT2D eigenvalue weighted by atomic mass is 32.2. The lowest BCUT2D eigenvalue weighted by Gasteiger charge is -2.24. The number of hydrogen-bond acceptors (Lipinski definition) is 4. The molecule has 0 atom stereocenters. The number of anilines is 1. The summed E-state index contributed by atoms with van der Waals surface area (Å²) in [5.41, 5.74) is 0.654. The van der Waals surface area contributed by atoms with E-state index < -0.39 is 10.0 Å². The van der Waals surface area contributed by atoms with E-state index >= 15 is 0 Å². The van der Waals surface area contributed by atoms with Gasteiger partial charge >= 0.3 is 0 Å². The zero-order valence-corrected chi connectivity index (χ0v) is 13.5. The fourth-order valence-electron chi connectivity index (χ4n) is 2.08. The molecule has 1 aromatic heterocycles. The minimum Gasteiger partial charge on any atom is -0.391 e. The SMILES string of the molecule is CCCCN(c1ccccc1)S(=O)(=O)c1ccsc1CO. The first-order valence-corrected chi connectivity index (χ1v) is 9.18. The Bertz CT molecular complexity index is 665. The van der Waals surface area contributed by atoms with Crippen LogP contribution in [0.15, 0.2) is 46.7 Å². The molecule has 0 bridgehead atoms. The Kier molecular flexibility index (Phi) is 5.39. The van der Waals surface area contributed by atoms with Crippen LogP contribution in [0.2, 0.25) is 0 Å². The topological polar surface area (TPSA) is 57.6 Å². The van der Waals surface area contributed by atoms with E-state index in [0.717, 1.165) is 12.8 Å². The number of unbranched alkanes of at least 4 members (excludes halogenated alkanes) is 1. The summed E-state index contributed by atoms with van der Waals surface area (Å²) in [7, 11) is -3.64. The van der Waals surface area contributed by atoms with E-state index in [2.05, 4.69) is 0 Å². The third-order valence-corrected chi connectivity index (χ3v) is 6.12. The van der Waals surface area contributed by atoms with Crippen LogP contribution in [-0.4, -0.2) is 20.1 Å². The molecule has 1 aromatic carbocycles. The first-order chi connectivity index (χ1) is 10.1. The molecule has 6 heteroatoms. The molecule has 21 heavy (non-hydrogen) atoms. The lowest BCUT2D eigenvalue weighted by Crippen LogP contribution is -2.32. The third-order valence-electron chi connectivity index (χ3n) is 3.18. The Labute approximate surface area is 129 Å². The van der Waals surface area contributed by atoms with Crippen LogP contribution in [0.25, 0.3) is 0 Å². The quantitative estimate of drug-likeness (QED) is 0.850. The number of para-hydroxylation sites is 1. The molecule has 0 amide bonds. The van der Waals surface area contributed by atoms with Crippen LogP contribution in [0, 0.1) is 0 Å². The van der Waals surface area contributed by atoms with E-state index in [0.29, 0.717) is 17.1 Å². The smallest absolute Gasteiger partial charge is 0.265 e. The first-order valence-electron chi connectivity index (χ1n) is 6.86. The van der Waals surface area contributed by atoms with Gasteiger partial charge in [-0.2, -0.15) is 0 Å². The standard InChI is InChI=1S/C15H19NO3S2/c1-2-3-10-16(13-7-5-4-6-8-13)21(18,19)15-9-11-20-14(15)12-17/h4-9,11,17H,2-3,10,12H2,1H3. The van der Waals surface area contributed by atoms with Gasteiger partial charge in [-0.15, -0.1) is 11.3 Å². The fraction of sp³-hybridized carbons (Fsp3) is 0.333. The van der Waals surface area contributed by atoms with Crippen molar-refractivity contribution in [3.05, 3.63) is 46.7 Å². The molecule has 0 saturated carbocycles. The van der Waals surface area contributed by atoms with E-state index in [1.165, 1.54) is 15.6 Å². The molecule has 0 unspecified atom stereocenters. The summed E-state index contributed by atoms with van der Waals surface area (Å²) in [6.07, 6.45) is 1.70. The zero-order valence-electron chi connectivity index (χ0n) is 11.9. The van der Waals surface area contributed by atoms with Crippen LogP contribution in [0.1, 0.15) is 24.6 Å². The Hall–Kier alpha value is -1.37. The molecule has 0 saturated heterocycles. The summed E-state index contributed by atoms with van der Waals surface area (Å²) >= 11 is 1.26. The van der Waals surface area contributed by atoms with Gasteiger partial charge in [-0.05, 0) is 30.0 Å². The highest BCUT2D eigenvalue weighted by molar-refractivity contribution is 7.93. The van der Waals surface area contributed by atoms with E-state index in [1.807, 2.05) is 25.1 Å². The molecule has 0 aliphatic heterocycles. The Morgan fingerprint density at radius 2 is 1.90 bits per heavy atom. The summed E-state index contributed by atoms with van der Waals surface area (Å²) < 4.78 is 27.2. The number of rotatable bonds is 7. The highest BCUT2D eigenvalue weighted by Gasteiger charge is 2.27. The maximum absolute atomic E-state index is 12.9. The summed E-state index contributed by atoms with van der Waals surface area (Å²) in [6.45, 7) is 2.20. The van der Waals surface area contributed by atoms with Crippen molar-refractivity contribution in [2.75, 3.05) is 10.8 Å². The number of aliphatic hydroxyl groups excluding tert-OH is 1. The van der Waals surface area contributed by atoms with Crippen molar-refractivity contribution >= 4 is 27.0 Å². The van der Waals surface area contributed by atoms with Gasteiger partial charge in [0.1, 0.15) is 4.90 Å². The molecule has 2 rings (SSSR count). The van der Waals surface area contributed by atoms with Gasteiger partial charge in [-0.25, -0.2) is 8.42 Å². The van der Waals surface area contributed by atoms with Crippen molar-refractivity contribution < 1.29 is 13.5 Å². The molecule has 2 aromatic rings. The lowest BCUT2D eigenvalue weighted by molar-refractivity contribution is 0.282. The van der Waals surface area contributed by atoms with E-state index in [9.17, 15) is 13.5 Å². The van der Waals surface area contributed by atoms with Crippen molar-refractivity contribution in [3.8, 4) is 0 Å². The third kappa shape index (κ3) is 3.45. The van der Waals surface area contributed by atoms with E-state index in [-0.39, 0.29) is 11.5 Å². The van der Waals surface area contributed by atoms with Gasteiger partial charge in [0.15, 0.2) is 0 Å². The molecular weight excluding hydrogens is 306 g/mol. The molecule has 1 N–H and O–H groups in total. The van der Waals surface area contributed by atoms with E-state index in [4.69, 9.17) is 0 Å². The monoisotopic (exact) mass is 325 g/mol. The number of nitrogens with zero attached hydrogens (tertiary/aromatic N) is 1. The number of hydrogen-bond donors (Lipinski definition) is 1. The molecular formula is C15H19NO3S2. The zero-order chi connectivity index (χ0) is 15.3. The molecule has 0 aliphatic rings. The molecule has 1 heterocycles. The highest BCUT2D eigenvalue weighted by Crippen LogP contribution is 2.29. The molecule has 114 valence electrons. The summed E-state index contributed by atoms with van der Waals surface area (Å²) in [6, 6.07) is 10.6. The lowest BCUT2D eigenvalue weighted by atomic mass is 10.3. The van der Waals surface area contributed by atoms with Crippen LogP contribution < -0.4 is 4.31 Å². The number of thiophene rings is 1. The van der Waals surface area contributed by atoms with Crippen LogP contribution in [0.3, 0.4) is 0 Å². The predicted octanol–water partition coefficient (Wildman–Crippen LogP) is 3.24. The van der Waals surface area contributed by atoms with Crippen LogP contribution in [-0.2, 0) is 16.6 Å². The Morgan fingerprint density at radius 3 is 2.52 bits per heavy atom. The minimum atomic E-state index is -3.64. The second-order valence-corrected chi connectivity index (χ2v) is 7.46. The van der Waals surface area contributed by atoms with Crippen molar-refractivity contribution in [3.63, 3.8) is 0 Å². The van der Waals surface area contributed by atoms with Gasteiger partial charge in [0.05, 0.1) is 17.2 Å².